The van der Waals surface area contributed by atoms with Crippen LogP contribution in [-0.4, -0.2) is 4.98 Å². The fraction of sp³-hybridized carbons (Fsp3) is 0. The van der Waals surface area contributed by atoms with E-state index in [1.54, 1.807) is 0 Å². The van der Waals surface area contributed by atoms with Gasteiger partial charge in [-0.05, 0) is 110 Å². The number of hydrogen-bond donors (Lipinski definition) is 0. The molecule has 0 saturated heterocycles. The summed E-state index contributed by atoms with van der Waals surface area (Å²) in [6.07, 6.45) is 0. The van der Waals surface area contributed by atoms with Crippen molar-refractivity contribution < 1.29 is 4.42 Å². The standard InChI is InChI=1S/C49H32N2O/c1-3-13-35(14-4-1)49-50-48-45-20-10-9-19-44(45)46(32-47(48)52-49)38-23-22-37-31-41(29-26-36(37)30-38)51(39-16-5-2-6-17-39)40-27-24-34(25-28-40)43-21-11-15-33-12-7-8-18-42(33)43/h1-32H. The first-order chi connectivity index (χ1) is 25.8. The van der Waals surface area contributed by atoms with Gasteiger partial charge in [0.15, 0.2) is 5.58 Å². The summed E-state index contributed by atoms with van der Waals surface area (Å²) in [5, 5.41) is 7.09. The van der Waals surface area contributed by atoms with E-state index in [9.17, 15) is 0 Å². The molecule has 10 rings (SSSR count). The van der Waals surface area contributed by atoms with Crippen LogP contribution >= 0.6 is 0 Å². The Balaban J connectivity index is 1.04. The van der Waals surface area contributed by atoms with Gasteiger partial charge in [0.2, 0.25) is 5.89 Å². The Morgan fingerprint density at radius 2 is 0.981 bits per heavy atom. The summed E-state index contributed by atoms with van der Waals surface area (Å²) in [6.45, 7) is 0. The van der Waals surface area contributed by atoms with Crippen molar-refractivity contribution in [3.05, 3.63) is 194 Å². The van der Waals surface area contributed by atoms with Gasteiger partial charge in [-0.15, -0.1) is 0 Å². The van der Waals surface area contributed by atoms with E-state index in [1.165, 1.54) is 32.7 Å². The quantitative estimate of drug-likeness (QED) is 0.177. The van der Waals surface area contributed by atoms with Crippen LogP contribution in [0.4, 0.5) is 17.1 Å². The molecule has 0 N–H and O–H groups in total. The molecule has 9 aromatic carbocycles. The SMILES string of the molecule is c1ccc(-c2nc3c(cc(-c4ccc5cc(N(c6ccccc6)c6ccc(-c7cccc8ccccc78)cc6)ccc5c4)c4ccccc43)o2)cc1. The highest BCUT2D eigenvalue weighted by Gasteiger charge is 2.17. The molecule has 0 amide bonds. The number of anilines is 3. The lowest BCUT2D eigenvalue weighted by Crippen LogP contribution is -2.09. The Labute approximate surface area is 301 Å². The number of rotatable bonds is 6. The van der Waals surface area contributed by atoms with Gasteiger partial charge in [-0.1, -0.05) is 133 Å². The van der Waals surface area contributed by atoms with Crippen LogP contribution in [0.3, 0.4) is 0 Å². The molecule has 3 nitrogen and oxygen atoms in total. The summed E-state index contributed by atoms with van der Waals surface area (Å²) in [5.74, 6) is 0.634. The molecule has 0 aliphatic rings. The second kappa shape index (κ2) is 12.4. The molecule has 3 heteroatoms. The number of para-hydroxylation sites is 1. The number of oxazole rings is 1. The lowest BCUT2D eigenvalue weighted by Gasteiger charge is -2.26. The molecule has 0 aliphatic heterocycles. The first-order valence-corrected chi connectivity index (χ1v) is 17.6. The van der Waals surface area contributed by atoms with Crippen LogP contribution in [0.5, 0.6) is 0 Å². The van der Waals surface area contributed by atoms with Crippen LogP contribution in [0.15, 0.2) is 199 Å². The third-order valence-electron chi connectivity index (χ3n) is 10.1. The van der Waals surface area contributed by atoms with Gasteiger partial charge in [-0.3, -0.25) is 0 Å². The summed E-state index contributed by atoms with van der Waals surface area (Å²) in [7, 11) is 0. The van der Waals surface area contributed by atoms with Crippen molar-refractivity contribution in [2.24, 2.45) is 0 Å². The predicted molar refractivity (Wildman–Crippen MR) is 218 cm³/mol. The molecular formula is C49H32N2O. The Morgan fingerprint density at radius 3 is 1.81 bits per heavy atom. The number of benzene rings is 9. The largest absolute Gasteiger partial charge is 0.436 e. The Kier molecular flexibility index (Phi) is 7.14. The van der Waals surface area contributed by atoms with Crippen molar-refractivity contribution in [2.45, 2.75) is 0 Å². The zero-order valence-electron chi connectivity index (χ0n) is 28.3. The molecule has 10 aromatic rings. The minimum atomic E-state index is 0.634. The topological polar surface area (TPSA) is 29.3 Å². The zero-order chi connectivity index (χ0) is 34.4. The molecule has 0 fully saturated rings. The minimum absolute atomic E-state index is 0.634. The average Bonchev–Trinajstić information content (AvgIpc) is 3.66. The van der Waals surface area contributed by atoms with Crippen molar-refractivity contribution in [3.63, 3.8) is 0 Å². The maximum Gasteiger partial charge on any atom is 0.227 e. The smallest absolute Gasteiger partial charge is 0.227 e. The van der Waals surface area contributed by atoms with Crippen LogP contribution in [0, 0.1) is 0 Å². The van der Waals surface area contributed by atoms with Crippen molar-refractivity contribution in [2.75, 3.05) is 4.90 Å². The number of hydrogen-bond acceptors (Lipinski definition) is 3. The van der Waals surface area contributed by atoms with E-state index in [0.717, 1.165) is 55.6 Å². The molecule has 0 saturated carbocycles. The third kappa shape index (κ3) is 5.19. The molecule has 0 unspecified atom stereocenters. The normalized spacial score (nSPS) is 11.5. The van der Waals surface area contributed by atoms with Crippen LogP contribution in [-0.2, 0) is 0 Å². The number of fused-ring (bicyclic) bond motifs is 5. The lowest BCUT2D eigenvalue weighted by molar-refractivity contribution is 0.620. The minimum Gasteiger partial charge on any atom is -0.436 e. The molecule has 244 valence electrons. The molecule has 0 aliphatic carbocycles. The highest BCUT2D eigenvalue weighted by molar-refractivity contribution is 6.12. The number of nitrogens with zero attached hydrogens (tertiary/aromatic N) is 2. The van der Waals surface area contributed by atoms with E-state index < -0.39 is 0 Å². The van der Waals surface area contributed by atoms with E-state index in [1.807, 2.05) is 30.3 Å². The monoisotopic (exact) mass is 664 g/mol. The maximum absolute atomic E-state index is 6.37. The van der Waals surface area contributed by atoms with Crippen molar-refractivity contribution in [1.82, 2.24) is 4.98 Å². The summed E-state index contributed by atoms with van der Waals surface area (Å²) >= 11 is 0. The molecule has 0 spiro atoms. The summed E-state index contributed by atoms with van der Waals surface area (Å²) in [6, 6.07) is 68.8. The van der Waals surface area contributed by atoms with E-state index in [0.29, 0.717) is 5.89 Å². The molecular weight excluding hydrogens is 633 g/mol. The Bertz CT molecular complexity index is 2890. The van der Waals surface area contributed by atoms with Gasteiger partial charge in [0.25, 0.3) is 0 Å². The molecule has 1 heterocycles. The fourth-order valence-corrected chi connectivity index (χ4v) is 7.53. The van der Waals surface area contributed by atoms with Gasteiger partial charge in [-0.25, -0.2) is 4.98 Å². The molecule has 0 radical (unpaired) electrons. The second-order valence-corrected chi connectivity index (χ2v) is 13.2. The molecule has 0 bridgehead atoms. The second-order valence-electron chi connectivity index (χ2n) is 13.2. The summed E-state index contributed by atoms with van der Waals surface area (Å²) < 4.78 is 6.37. The lowest BCUT2D eigenvalue weighted by atomic mass is 9.95. The predicted octanol–water partition coefficient (Wildman–Crippen LogP) is 13.8. The highest BCUT2D eigenvalue weighted by Crippen LogP contribution is 2.40. The van der Waals surface area contributed by atoms with Crippen molar-refractivity contribution in [1.29, 1.82) is 0 Å². The molecule has 1 aromatic heterocycles. The third-order valence-corrected chi connectivity index (χ3v) is 10.1. The summed E-state index contributed by atoms with van der Waals surface area (Å²) in [5.41, 5.74) is 10.7. The van der Waals surface area contributed by atoms with Gasteiger partial charge in [-0.2, -0.15) is 0 Å². The molecule has 52 heavy (non-hydrogen) atoms. The van der Waals surface area contributed by atoms with Crippen molar-refractivity contribution in [3.8, 4) is 33.7 Å². The average molecular weight is 665 g/mol. The summed E-state index contributed by atoms with van der Waals surface area (Å²) in [4.78, 5) is 7.26. The van der Waals surface area contributed by atoms with Gasteiger partial charge in [0.1, 0.15) is 5.52 Å². The maximum atomic E-state index is 6.37. The van der Waals surface area contributed by atoms with Crippen LogP contribution in [0.25, 0.3) is 77.1 Å². The van der Waals surface area contributed by atoms with Gasteiger partial charge in [0.05, 0.1) is 0 Å². The fourth-order valence-electron chi connectivity index (χ4n) is 7.53. The van der Waals surface area contributed by atoms with Gasteiger partial charge >= 0.3 is 0 Å². The van der Waals surface area contributed by atoms with Crippen molar-refractivity contribution >= 4 is 60.5 Å². The van der Waals surface area contributed by atoms with Crippen LogP contribution < -0.4 is 4.90 Å². The number of aromatic nitrogens is 1. The van der Waals surface area contributed by atoms with Crippen LogP contribution in [0.1, 0.15) is 0 Å². The van der Waals surface area contributed by atoms with E-state index in [2.05, 4.69) is 169 Å². The highest BCUT2D eigenvalue weighted by atomic mass is 16.3. The Morgan fingerprint density at radius 1 is 0.365 bits per heavy atom. The van der Waals surface area contributed by atoms with E-state index in [-0.39, 0.29) is 0 Å². The first kappa shape index (κ1) is 29.9. The first-order valence-electron chi connectivity index (χ1n) is 17.6. The van der Waals surface area contributed by atoms with E-state index in [4.69, 9.17) is 9.40 Å². The zero-order valence-corrected chi connectivity index (χ0v) is 28.3. The molecule has 0 atom stereocenters. The van der Waals surface area contributed by atoms with Gasteiger partial charge in [0, 0.05) is 28.0 Å². The van der Waals surface area contributed by atoms with Gasteiger partial charge < -0.3 is 9.32 Å². The van der Waals surface area contributed by atoms with Crippen LogP contribution in [0.2, 0.25) is 0 Å². The van der Waals surface area contributed by atoms with E-state index >= 15 is 0 Å². The Hall–Kier alpha value is -6.97.